The summed E-state index contributed by atoms with van der Waals surface area (Å²) >= 11 is 0. The maximum Gasteiger partial charge on any atom is 0.257 e. The number of nitrogens with one attached hydrogen (secondary N) is 1. The minimum atomic E-state index is -0.208. The second-order valence-electron chi connectivity index (χ2n) is 4.66. The normalized spacial score (nSPS) is 10.5. The molecule has 2 rings (SSSR count). The summed E-state index contributed by atoms with van der Waals surface area (Å²) < 4.78 is 1.74. The van der Waals surface area contributed by atoms with Gasteiger partial charge in [0.15, 0.2) is 0 Å². The quantitative estimate of drug-likeness (QED) is 0.811. The molecule has 0 bridgehead atoms. The largest absolute Gasteiger partial charge is 0.398 e. The molecule has 0 saturated heterocycles. The van der Waals surface area contributed by atoms with Crippen LogP contribution >= 0.6 is 0 Å². The fourth-order valence-electron chi connectivity index (χ4n) is 2.01. The molecule has 0 radical (unpaired) electrons. The molecular weight excluding hydrogens is 240 g/mol. The van der Waals surface area contributed by atoms with Crippen molar-refractivity contribution in [3.05, 3.63) is 40.7 Å². The second-order valence-corrected chi connectivity index (χ2v) is 4.66. The lowest BCUT2D eigenvalue weighted by atomic mass is 10.1. The number of hydrogen-bond acceptors (Lipinski definition) is 3. The molecule has 0 saturated carbocycles. The molecule has 3 N–H and O–H groups in total. The minimum absolute atomic E-state index is 0.208. The van der Waals surface area contributed by atoms with Crippen molar-refractivity contribution < 1.29 is 4.79 Å². The van der Waals surface area contributed by atoms with Crippen LogP contribution in [0, 0.1) is 20.8 Å². The van der Waals surface area contributed by atoms with Crippen LogP contribution in [0.15, 0.2) is 18.2 Å². The van der Waals surface area contributed by atoms with Gasteiger partial charge in [0.1, 0.15) is 0 Å². The lowest BCUT2D eigenvalue weighted by Gasteiger charge is -2.09. The maximum atomic E-state index is 12.3. The summed E-state index contributed by atoms with van der Waals surface area (Å²) in [5, 5.41) is 7.15. The molecule has 0 aliphatic rings. The van der Waals surface area contributed by atoms with Crippen LogP contribution in [0.5, 0.6) is 0 Å². The van der Waals surface area contributed by atoms with Crippen molar-refractivity contribution in [2.45, 2.75) is 20.8 Å². The number of carbonyl (C=O) groups excluding carboxylic acids is 1. The summed E-state index contributed by atoms with van der Waals surface area (Å²) in [6.45, 7) is 5.66. The zero-order chi connectivity index (χ0) is 14.2. The average Bonchev–Trinajstić information content (AvgIpc) is 2.59. The number of nitrogens with two attached hydrogens (primary N) is 1. The number of nitrogen functional groups attached to an aromatic ring is 1. The van der Waals surface area contributed by atoms with Crippen molar-refractivity contribution >= 4 is 17.3 Å². The topological polar surface area (TPSA) is 72.9 Å². The van der Waals surface area contributed by atoms with Gasteiger partial charge in [-0.15, -0.1) is 0 Å². The Bertz CT molecular complexity index is 643. The van der Waals surface area contributed by atoms with Crippen LogP contribution in [0.3, 0.4) is 0 Å². The molecule has 5 nitrogen and oxygen atoms in total. The minimum Gasteiger partial charge on any atom is -0.398 e. The predicted molar refractivity (Wildman–Crippen MR) is 76.2 cm³/mol. The molecular formula is C14H18N4O. The Hall–Kier alpha value is -2.30. The first-order valence-electron chi connectivity index (χ1n) is 6.08. The Kier molecular flexibility index (Phi) is 3.29. The van der Waals surface area contributed by atoms with Gasteiger partial charge in [0.25, 0.3) is 5.91 Å². The number of para-hydroxylation sites is 1. The highest BCUT2D eigenvalue weighted by Crippen LogP contribution is 2.22. The Morgan fingerprint density at radius 3 is 2.58 bits per heavy atom. The van der Waals surface area contributed by atoms with Crippen molar-refractivity contribution in [3.8, 4) is 0 Å². The highest BCUT2D eigenvalue weighted by atomic mass is 16.1. The van der Waals surface area contributed by atoms with E-state index in [1.54, 1.807) is 10.7 Å². The van der Waals surface area contributed by atoms with Crippen LogP contribution < -0.4 is 11.1 Å². The van der Waals surface area contributed by atoms with Crippen LogP contribution in [0.4, 0.5) is 11.4 Å². The second kappa shape index (κ2) is 4.76. The average molecular weight is 258 g/mol. The van der Waals surface area contributed by atoms with Crippen molar-refractivity contribution in [1.82, 2.24) is 9.78 Å². The third-order valence-electron chi connectivity index (χ3n) is 3.32. The van der Waals surface area contributed by atoms with E-state index in [0.717, 1.165) is 22.6 Å². The molecule has 1 aromatic heterocycles. The Morgan fingerprint density at radius 2 is 2.00 bits per heavy atom. The molecule has 0 aliphatic heterocycles. The van der Waals surface area contributed by atoms with Crippen LogP contribution in [-0.4, -0.2) is 15.7 Å². The Labute approximate surface area is 112 Å². The third-order valence-corrected chi connectivity index (χ3v) is 3.32. The lowest BCUT2D eigenvalue weighted by Crippen LogP contribution is -2.15. The van der Waals surface area contributed by atoms with E-state index in [1.165, 1.54) is 0 Å². The monoisotopic (exact) mass is 258 g/mol. The van der Waals surface area contributed by atoms with Gasteiger partial charge in [-0.05, 0) is 32.4 Å². The van der Waals surface area contributed by atoms with E-state index in [-0.39, 0.29) is 5.91 Å². The maximum absolute atomic E-state index is 12.3. The molecule has 2 aromatic rings. The summed E-state index contributed by atoms with van der Waals surface area (Å²) in [5.74, 6) is -0.208. The van der Waals surface area contributed by atoms with Gasteiger partial charge < -0.3 is 11.1 Å². The molecule has 0 spiro atoms. The van der Waals surface area contributed by atoms with E-state index in [9.17, 15) is 4.79 Å². The van der Waals surface area contributed by atoms with Crippen LogP contribution in [0.2, 0.25) is 0 Å². The number of amides is 1. The van der Waals surface area contributed by atoms with E-state index in [4.69, 9.17) is 5.73 Å². The SMILES string of the molecule is Cc1cccc(C(=O)Nc2c(C)nn(C)c2C)c1N. The summed E-state index contributed by atoms with van der Waals surface area (Å²) in [5.41, 5.74) is 10.3. The smallest absolute Gasteiger partial charge is 0.257 e. The number of anilines is 2. The highest BCUT2D eigenvalue weighted by Gasteiger charge is 2.16. The van der Waals surface area contributed by atoms with Crippen molar-refractivity contribution in [1.29, 1.82) is 0 Å². The molecule has 1 amide bonds. The molecule has 1 aromatic carbocycles. The molecule has 0 aliphatic carbocycles. The first-order valence-corrected chi connectivity index (χ1v) is 6.08. The highest BCUT2D eigenvalue weighted by molar-refractivity contribution is 6.08. The van der Waals surface area contributed by atoms with Gasteiger partial charge in [0, 0.05) is 12.7 Å². The number of hydrogen-bond donors (Lipinski definition) is 2. The number of aryl methyl sites for hydroxylation is 3. The van der Waals surface area contributed by atoms with Crippen LogP contribution in [-0.2, 0) is 7.05 Å². The first kappa shape index (κ1) is 13.1. The van der Waals surface area contributed by atoms with Crippen LogP contribution in [0.25, 0.3) is 0 Å². The van der Waals surface area contributed by atoms with Crippen LogP contribution in [0.1, 0.15) is 27.3 Å². The number of rotatable bonds is 2. The summed E-state index contributed by atoms with van der Waals surface area (Å²) in [6.07, 6.45) is 0. The Balaban J connectivity index is 2.34. The molecule has 100 valence electrons. The van der Waals surface area contributed by atoms with Gasteiger partial charge in [-0.1, -0.05) is 12.1 Å². The van der Waals surface area contributed by atoms with Gasteiger partial charge in [-0.2, -0.15) is 5.10 Å². The van der Waals surface area contributed by atoms with E-state index in [2.05, 4.69) is 10.4 Å². The molecule has 0 atom stereocenters. The van der Waals surface area contributed by atoms with Crippen molar-refractivity contribution in [2.75, 3.05) is 11.1 Å². The predicted octanol–water partition coefficient (Wildman–Crippen LogP) is 2.18. The van der Waals surface area contributed by atoms with E-state index in [0.29, 0.717) is 11.3 Å². The van der Waals surface area contributed by atoms with E-state index < -0.39 is 0 Å². The zero-order valence-electron chi connectivity index (χ0n) is 11.6. The number of carbonyl (C=O) groups is 1. The van der Waals surface area contributed by atoms with Gasteiger partial charge in [-0.25, -0.2) is 0 Å². The summed E-state index contributed by atoms with van der Waals surface area (Å²) in [6, 6.07) is 5.43. The third kappa shape index (κ3) is 2.31. The van der Waals surface area contributed by atoms with Crippen molar-refractivity contribution in [3.63, 3.8) is 0 Å². The molecule has 1 heterocycles. The number of aromatic nitrogens is 2. The fraction of sp³-hybridized carbons (Fsp3) is 0.286. The number of benzene rings is 1. The molecule has 0 unspecified atom stereocenters. The standard InChI is InChI=1S/C14H18N4O/c1-8-6-5-7-11(12(8)15)14(19)16-13-9(2)17-18(4)10(13)3/h5-7H,15H2,1-4H3,(H,16,19). The summed E-state index contributed by atoms with van der Waals surface area (Å²) in [4.78, 5) is 12.3. The van der Waals surface area contributed by atoms with Crippen molar-refractivity contribution in [2.24, 2.45) is 7.05 Å². The van der Waals surface area contributed by atoms with Gasteiger partial charge in [0.2, 0.25) is 0 Å². The van der Waals surface area contributed by atoms with Gasteiger partial charge in [0.05, 0.1) is 22.6 Å². The summed E-state index contributed by atoms with van der Waals surface area (Å²) in [7, 11) is 1.85. The first-order chi connectivity index (χ1) is 8.91. The Morgan fingerprint density at radius 1 is 1.32 bits per heavy atom. The van der Waals surface area contributed by atoms with E-state index in [1.807, 2.05) is 40.0 Å². The zero-order valence-corrected chi connectivity index (χ0v) is 11.6. The fourth-order valence-corrected chi connectivity index (χ4v) is 2.01. The molecule has 19 heavy (non-hydrogen) atoms. The lowest BCUT2D eigenvalue weighted by molar-refractivity contribution is 0.102. The van der Waals surface area contributed by atoms with Gasteiger partial charge >= 0.3 is 0 Å². The van der Waals surface area contributed by atoms with Gasteiger partial charge in [-0.3, -0.25) is 9.48 Å². The van der Waals surface area contributed by atoms with E-state index >= 15 is 0 Å². The number of nitrogens with zero attached hydrogens (tertiary/aromatic N) is 2. The molecule has 5 heteroatoms. The molecule has 0 fully saturated rings.